The molecule has 0 heterocycles. The van der Waals surface area contributed by atoms with Crippen LogP contribution in [0.2, 0.25) is 0 Å². The van der Waals surface area contributed by atoms with E-state index in [0.29, 0.717) is 0 Å². The topological polar surface area (TPSA) is 0 Å². The second-order valence-electron chi connectivity index (χ2n) is 9.76. The molecule has 8 rings (SSSR count). The molecule has 0 amide bonds. The first-order chi connectivity index (χ1) is 19.4. The van der Waals surface area contributed by atoms with Gasteiger partial charge in [-0.1, -0.05) is 164 Å². The largest absolute Gasteiger partial charge is 0.0622 e. The van der Waals surface area contributed by atoms with Crippen molar-refractivity contribution in [1.82, 2.24) is 0 Å². The van der Waals surface area contributed by atoms with Gasteiger partial charge in [0.05, 0.1) is 0 Å². The van der Waals surface area contributed by atoms with Crippen molar-refractivity contribution in [2.24, 2.45) is 0 Å². The number of benzene rings is 8. The predicted octanol–water partition coefficient (Wildman–Crippen LogP) is 9.18. The van der Waals surface area contributed by atoms with Crippen LogP contribution in [0.1, 0.15) is 0 Å². The molecule has 0 atom stereocenters. The van der Waals surface area contributed by atoms with Gasteiger partial charge in [-0.3, -0.25) is 0 Å². The SMILES string of the molecule is c1cc2cccc3c4cccc5cccc(c(c1)c23)c54.c1ccc(P(c2ccccc2)c2ccccc2)cc1. The van der Waals surface area contributed by atoms with Crippen LogP contribution in [-0.2, 0) is 0 Å². The van der Waals surface area contributed by atoms with E-state index < -0.39 is 7.92 Å². The molecule has 0 fully saturated rings. The number of hydrogen-bond acceptors (Lipinski definition) is 0. The summed E-state index contributed by atoms with van der Waals surface area (Å²) < 4.78 is 0. The highest BCUT2D eigenvalue weighted by Gasteiger charge is 2.15. The van der Waals surface area contributed by atoms with E-state index in [1.807, 2.05) is 0 Å². The molecule has 0 unspecified atom stereocenters. The molecule has 0 aromatic heterocycles. The van der Waals surface area contributed by atoms with E-state index in [1.165, 1.54) is 59.0 Å². The Morgan fingerprint density at radius 1 is 0.256 bits per heavy atom. The Morgan fingerprint density at radius 3 is 0.821 bits per heavy atom. The lowest BCUT2D eigenvalue weighted by molar-refractivity contribution is 1.74. The lowest BCUT2D eigenvalue weighted by Gasteiger charge is -2.18. The monoisotopic (exact) mass is 514 g/mol. The van der Waals surface area contributed by atoms with Gasteiger partial charge in [0.25, 0.3) is 0 Å². The Morgan fingerprint density at radius 2 is 0.538 bits per heavy atom. The highest BCUT2D eigenvalue weighted by atomic mass is 31.1. The van der Waals surface area contributed by atoms with Crippen molar-refractivity contribution in [3.05, 3.63) is 164 Å². The van der Waals surface area contributed by atoms with Crippen LogP contribution in [0.15, 0.2) is 164 Å². The first kappa shape index (κ1) is 23.6. The molecule has 0 aliphatic carbocycles. The van der Waals surface area contributed by atoms with E-state index in [9.17, 15) is 0 Å². The molecule has 0 radical (unpaired) electrons. The number of rotatable bonds is 3. The first-order valence-corrected chi connectivity index (χ1v) is 14.7. The minimum Gasteiger partial charge on any atom is -0.0622 e. The summed E-state index contributed by atoms with van der Waals surface area (Å²) in [6.45, 7) is 0. The molecule has 1 heteroatoms. The zero-order valence-electron chi connectivity index (χ0n) is 21.5. The molecule has 0 saturated heterocycles. The third-order valence-corrected chi connectivity index (χ3v) is 9.88. The summed E-state index contributed by atoms with van der Waals surface area (Å²) in [7, 11) is -0.446. The normalized spacial score (nSPS) is 11.3. The number of hydrogen-bond donors (Lipinski definition) is 0. The number of fused-ring (bicyclic) bond motifs is 2. The van der Waals surface area contributed by atoms with Gasteiger partial charge in [-0.2, -0.15) is 0 Å². The molecule has 8 aromatic rings. The Kier molecular flexibility index (Phi) is 6.25. The van der Waals surface area contributed by atoms with Crippen LogP contribution in [0, 0.1) is 0 Å². The van der Waals surface area contributed by atoms with E-state index in [-0.39, 0.29) is 0 Å². The Labute approximate surface area is 230 Å². The van der Waals surface area contributed by atoms with Crippen LogP contribution >= 0.6 is 7.92 Å². The summed E-state index contributed by atoms with van der Waals surface area (Å²) in [4.78, 5) is 0. The summed E-state index contributed by atoms with van der Waals surface area (Å²) in [5.41, 5.74) is 0. The van der Waals surface area contributed by atoms with Gasteiger partial charge in [-0.15, -0.1) is 0 Å². The van der Waals surface area contributed by atoms with Crippen molar-refractivity contribution in [3.63, 3.8) is 0 Å². The average Bonchev–Trinajstić information content (AvgIpc) is 3.02. The van der Waals surface area contributed by atoms with Gasteiger partial charge >= 0.3 is 0 Å². The quantitative estimate of drug-likeness (QED) is 0.125. The fraction of sp³-hybridized carbons (Fsp3) is 0. The summed E-state index contributed by atoms with van der Waals surface area (Å²) in [5, 5.41) is 15.1. The molecular formula is C38H27P. The van der Waals surface area contributed by atoms with Crippen molar-refractivity contribution in [1.29, 1.82) is 0 Å². The predicted molar refractivity (Wildman–Crippen MR) is 173 cm³/mol. The van der Waals surface area contributed by atoms with E-state index >= 15 is 0 Å². The standard InChI is InChI=1S/C20H12.C18H15P/c1-5-13-6-2-11-17-18-12-4-8-14-7-3-10-16(20(14)18)15(9-1)19(13)17;1-4-10-16(11-5-1)19(17-12-6-2-7-13-17)18-14-8-3-9-15-18/h1-12H;1-15H. The first-order valence-electron chi connectivity index (χ1n) is 13.4. The van der Waals surface area contributed by atoms with E-state index in [1.54, 1.807) is 0 Å². The van der Waals surface area contributed by atoms with Gasteiger partial charge in [0.2, 0.25) is 0 Å². The average molecular weight is 515 g/mol. The lowest BCUT2D eigenvalue weighted by Crippen LogP contribution is -2.20. The summed E-state index contributed by atoms with van der Waals surface area (Å²) in [5.74, 6) is 0. The van der Waals surface area contributed by atoms with E-state index in [0.717, 1.165) is 0 Å². The molecule has 0 bridgehead atoms. The molecule has 0 spiro atoms. The smallest absolute Gasteiger partial charge is 0.00264 e. The molecule has 0 nitrogen and oxygen atoms in total. The molecule has 0 aliphatic rings. The van der Waals surface area contributed by atoms with Crippen LogP contribution in [0.25, 0.3) is 43.1 Å². The second kappa shape index (κ2) is 10.3. The van der Waals surface area contributed by atoms with Crippen molar-refractivity contribution in [3.8, 4) is 0 Å². The van der Waals surface area contributed by atoms with Gasteiger partial charge in [0.1, 0.15) is 0 Å². The summed E-state index contributed by atoms with van der Waals surface area (Å²) >= 11 is 0. The van der Waals surface area contributed by atoms with Crippen LogP contribution < -0.4 is 15.9 Å². The van der Waals surface area contributed by atoms with Crippen LogP contribution in [-0.4, -0.2) is 0 Å². The Balaban J connectivity index is 0.000000130. The maximum absolute atomic E-state index is 2.25. The van der Waals surface area contributed by atoms with Gasteiger partial charge in [-0.25, -0.2) is 0 Å². The van der Waals surface area contributed by atoms with Gasteiger partial charge < -0.3 is 0 Å². The zero-order chi connectivity index (χ0) is 26.0. The Hall–Kier alpha value is -4.51. The van der Waals surface area contributed by atoms with Crippen LogP contribution in [0.3, 0.4) is 0 Å². The van der Waals surface area contributed by atoms with Gasteiger partial charge in [0.15, 0.2) is 0 Å². The van der Waals surface area contributed by atoms with Crippen molar-refractivity contribution in [2.75, 3.05) is 0 Å². The maximum Gasteiger partial charge on any atom is -0.00264 e. The maximum atomic E-state index is 2.25. The lowest BCUT2D eigenvalue weighted by atomic mass is 9.90. The van der Waals surface area contributed by atoms with Gasteiger partial charge in [-0.05, 0) is 66.9 Å². The third kappa shape index (κ3) is 4.34. The minimum absolute atomic E-state index is 0.446. The zero-order valence-corrected chi connectivity index (χ0v) is 22.4. The van der Waals surface area contributed by atoms with Crippen molar-refractivity contribution in [2.45, 2.75) is 0 Å². The molecule has 0 saturated carbocycles. The second-order valence-corrected chi connectivity index (χ2v) is 12.0. The highest BCUT2D eigenvalue weighted by molar-refractivity contribution is 7.79. The minimum atomic E-state index is -0.446. The van der Waals surface area contributed by atoms with Crippen molar-refractivity contribution < 1.29 is 0 Å². The van der Waals surface area contributed by atoms with E-state index in [2.05, 4.69) is 164 Å². The Bertz CT molecular complexity index is 1730. The molecule has 0 aliphatic heterocycles. The molecule has 0 N–H and O–H groups in total. The van der Waals surface area contributed by atoms with Crippen LogP contribution in [0.5, 0.6) is 0 Å². The molecule has 39 heavy (non-hydrogen) atoms. The van der Waals surface area contributed by atoms with Crippen molar-refractivity contribution >= 4 is 66.9 Å². The summed E-state index contributed by atoms with van der Waals surface area (Å²) in [6, 6.07) is 58.8. The fourth-order valence-corrected chi connectivity index (χ4v) is 8.06. The molecule has 184 valence electrons. The van der Waals surface area contributed by atoms with Gasteiger partial charge in [0, 0.05) is 0 Å². The van der Waals surface area contributed by atoms with Crippen LogP contribution in [0.4, 0.5) is 0 Å². The highest BCUT2D eigenvalue weighted by Crippen LogP contribution is 2.39. The molecular weight excluding hydrogens is 487 g/mol. The summed E-state index contributed by atoms with van der Waals surface area (Å²) in [6.07, 6.45) is 0. The third-order valence-electron chi connectivity index (χ3n) is 7.43. The molecule has 8 aromatic carbocycles. The van der Waals surface area contributed by atoms with E-state index in [4.69, 9.17) is 0 Å². The fourth-order valence-electron chi connectivity index (χ4n) is 5.76.